The Bertz CT molecular complexity index is 969. The molecule has 29 heavy (non-hydrogen) atoms. The number of ether oxygens (including phenoxy) is 2. The Balaban J connectivity index is 1.80. The van der Waals surface area contributed by atoms with Crippen LogP contribution in [-0.2, 0) is 9.59 Å². The van der Waals surface area contributed by atoms with Gasteiger partial charge in [0.15, 0.2) is 6.10 Å². The second-order valence-electron chi connectivity index (χ2n) is 6.11. The van der Waals surface area contributed by atoms with Gasteiger partial charge in [-0.2, -0.15) is 0 Å². The van der Waals surface area contributed by atoms with Crippen LogP contribution < -0.4 is 14.4 Å². The van der Waals surface area contributed by atoms with Gasteiger partial charge in [-0.25, -0.2) is 9.69 Å². The van der Waals surface area contributed by atoms with E-state index in [-0.39, 0.29) is 4.91 Å². The summed E-state index contributed by atoms with van der Waals surface area (Å²) in [6.45, 7) is 1.73. The van der Waals surface area contributed by atoms with Crippen molar-refractivity contribution < 1.29 is 29.0 Å². The number of anilines is 1. The van der Waals surface area contributed by atoms with E-state index in [2.05, 4.69) is 0 Å². The molecule has 1 heterocycles. The van der Waals surface area contributed by atoms with E-state index in [1.165, 1.54) is 7.11 Å². The molecule has 2 aromatic rings. The molecule has 1 aliphatic heterocycles. The number of aliphatic carboxylic acids is 1. The predicted molar refractivity (Wildman–Crippen MR) is 110 cm³/mol. The van der Waals surface area contributed by atoms with Gasteiger partial charge >= 0.3 is 5.97 Å². The summed E-state index contributed by atoms with van der Waals surface area (Å²) in [6.07, 6.45) is 1.03. The quantitative estimate of drug-likeness (QED) is 0.681. The second kappa shape index (κ2) is 8.83. The minimum absolute atomic E-state index is 0.284. The zero-order chi connectivity index (χ0) is 21.0. The third-order valence-corrected chi connectivity index (χ3v) is 5.09. The lowest BCUT2D eigenvalue weighted by Crippen LogP contribution is -2.28. The monoisotopic (exact) mass is 413 g/mol. The fourth-order valence-corrected chi connectivity index (χ4v) is 3.59. The lowest BCUT2D eigenvalue weighted by molar-refractivity contribution is -0.145. The highest BCUT2D eigenvalue weighted by molar-refractivity contribution is 8.19. The molecule has 0 spiro atoms. The largest absolute Gasteiger partial charge is 0.495 e. The van der Waals surface area contributed by atoms with E-state index in [1.807, 2.05) is 0 Å². The summed E-state index contributed by atoms with van der Waals surface area (Å²) in [7, 11) is 1.48. The molecule has 0 radical (unpaired) electrons. The van der Waals surface area contributed by atoms with Crippen molar-refractivity contribution in [2.75, 3.05) is 12.0 Å². The second-order valence-corrected chi connectivity index (χ2v) is 7.10. The van der Waals surface area contributed by atoms with Crippen molar-refractivity contribution in [1.82, 2.24) is 0 Å². The van der Waals surface area contributed by atoms with Crippen molar-refractivity contribution >= 4 is 40.6 Å². The molecular formula is C21H19NO6S. The molecule has 0 aliphatic carbocycles. The van der Waals surface area contributed by atoms with Crippen LogP contribution >= 0.6 is 11.8 Å². The Morgan fingerprint density at radius 3 is 2.48 bits per heavy atom. The molecular weight excluding hydrogens is 394 g/mol. The molecule has 1 atom stereocenters. The number of carboxylic acids is 1. The zero-order valence-corrected chi connectivity index (χ0v) is 16.6. The smallest absolute Gasteiger partial charge is 0.344 e. The van der Waals surface area contributed by atoms with Gasteiger partial charge in [-0.1, -0.05) is 31.2 Å². The van der Waals surface area contributed by atoms with Crippen LogP contribution in [0.15, 0.2) is 53.4 Å². The molecule has 2 aromatic carbocycles. The summed E-state index contributed by atoms with van der Waals surface area (Å²) in [5.41, 5.74) is 1.08. The van der Waals surface area contributed by atoms with Gasteiger partial charge in [0.2, 0.25) is 0 Å². The average Bonchev–Trinajstić information content (AvgIpc) is 2.99. The number of nitrogens with zero attached hydrogens (tertiary/aromatic N) is 1. The topological polar surface area (TPSA) is 93.1 Å². The summed E-state index contributed by atoms with van der Waals surface area (Å²) in [5.74, 6) is -0.608. The van der Waals surface area contributed by atoms with E-state index in [9.17, 15) is 14.4 Å². The van der Waals surface area contributed by atoms with E-state index in [1.54, 1.807) is 61.5 Å². The van der Waals surface area contributed by atoms with Crippen LogP contribution in [0.3, 0.4) is 0 Å². The van der Waals surface area contributed by atoms with Crippen molar-refractivity contribution in [2.45, 2.75) is 19.4 Å². The molecule has 1 fully saturated rings. The van der Waals surface area contributed by atoms with Gasteiger partial charge in [-0.3, -0.25) is 9.59 Å². The maximum absolute atomic E-state index is 12.8. The number of methoxy groups -OCH3 is 1. The van der Waals surface area contributed by atoms with E-state index in [0.717, 1.165) is 16.7 Å². The van der Waals surface area contributed by atoms with Gasteiger partial charge < -0.3 is 14.6 Å². The minimum atomic E-state index is -1.03. The number of imide groups is 1. The predicted octanol–water partition coefficient (Wildman–Crippen LogP) is 4.18. The Morgan fingerprint density at radius 1 is 1.17 bits per heavy atom. The van der Waals surface area contributed by atoms with Crippen molar-refractivity contribution in [3.63, 3.8) is 0 Å². The first-order valence-electron chi connectivity index (χ1n) is 8.85. The normalized spacial score (nSPS) is 16.2. The number of para-hydroxylation sites is 2. The van der Waals surface area contributed by atoms with Gasteiger partial charge in [0.1, 0.15) is 11.5 Å². The molecule has 3 rings (SSSR count). The molecule has 0 bridgehead atoms. The Kier molecular flexibility index (Phi) is 6.23. The number of carboxylic acid groups (broad SMARTS) is 1. The molecule has 0 aromatic heterocycles. The van der Waals surface area contributed by atoms with Crippen molar-refractivity contribution in [3.05, 3.63) is 59.0 Å². The van der Waals surface area contributed by atoms with E-state index in [4.69, 9.17) is 14.6 Å². The molecule has 150 valence electrons. The van der Waals surface area contributed by atoms with Gasteiger partial charge in [0, 0.05) is 0 Å². The number of thioether (sulfide) groups is 1. The number of amides is 2. The van der Waals surface area contributed by atoms with Gasteiger partial charge in [-0.05, 0) is 54.1 Å². The zero-order valence-electron chi connectivity index (χ0n) is 15.8. The highest BCUT2D eigenvalue weighted by atomic mass is 32.2. The number of carbonyl (C=O) groups is 3. The molecule has 1 saturated heterocycles. The first-order chi connectivity index (χ1) is 13.9. The fourth-order valence-electron chi connectivity index (χ4n) is 2.76. The van der Waals surface area contributed by atoms with Crippen molar-refractivity contribution in [2.24, 2.45) is 0 Å². The highest BCUT2D eigenvalue weighted by Crippen LogP contribution is 2.39. The third-order valence-electron chi connectivity index (χ3n) is 4.22. The first kappa shape index (κ1) is 20.5. The summed E-state index contributed by atoms with van der Waals surface area (Å²) in [5, 5.41) is 8.66. The van der Waals surface area contributed by atoms with E-state index >= 15 is 0 Å². The van der Waals surface area contributed by atoms with Crippen molar-refractivity contribution in [3.8, 4) is 11.5 Å². The number of hydrogen-bond acceptors (Lipinski definition) is 6. The Hall–Kier alpha value is -3.26. The van der Waals surface area contributed by atoms with Crippen LogP contribution in [0.5, 0.6) is 11.5 Å². The van der Waals surface area contributed by atoms with Crippen LogP contribution in [0.2, 0.25) is 0 Å². The number of rotatable bonds is 7. The Morgan fingerprint density at radius 2 is 1.86 bits per heavy atom. The molecule has 7 nitrogen and oxygen atoms in total. The Labute approximate surface area is 171 Å². The van der Waals surface area contributed by atoms with Crippen molar-refractivity contribution in [1.29, 1.82) is 0 Å². The first-order valence-corrected chi connectivity index (χ1v) is 9.66. The van der Waals surface area contributed by atoms with E-state index in [0.29, 0.717) is 29.2 Å². The molecule has 0 saturated carbocycles. The average molecular weight is 413 g/mol. The highest BCUT2D eigenvalue weighted by Gasteiger charge is 2.37. The van der Waals surface area contributed by atoms with E-state index < -0.39 is 23.2 Å². The standard InChI is InChI=1S/C21H19NO6S/c1-3-16(20(24)25)28-14-10-8-13(9-11-14)12-18-19(23)22(21(26)29-18)15-6-4-5-7-17(15)27-2/h4-12,16H,3H2,1-2H3,(H,24,25)/b18-12+. The van der Waals surface area contributed by atoms with Gasteiger partial charge in [-0.15, -0.1) is 0 Å². The SMILES string of the molecule is CCC(Oc1ccc(/C=C2/SC(=O)N(c3ccccc3OC)C2=O)cc1)C(=O)O. The van der Waals surface area contributed by atoms with Gasteiger partial charge in [0.05, 0.1) is 17.7 Å². The third kappa shape index (κ3) is 4.43. The molecule has 2 amide bonds. The van der Waals surface area contributed by atoms with Gasteiger partial charge in [0.25, 0.3) is 11.1 Å². The number of hydrogen-bond donors (Lipinski definition) is 1. The van der Waals surface area contributed by atoms with Crippen LogP contribution in [0.4, 0.5) is 10.5 Å². The lowest BCUT2D eigenvalue weighted by atomic mass is 10.2. The molecule has 8 heteroatoms. The lowest BCUT2D eigenvalue weighted by Gasteiger charge is -2.15. The van der Waals surface area contributed by atoms with Crippen LogP contribution in [0.25, 0.3) is 6.08 Å². The number of benzene rings is 2. The maximum Gasteiger partial charge on any atom is 0.344 e. The minimum Gasteiger partial charge on any atom is -0.495 e. The summed E-state index contributed by atoms with van der Waals surface area (Å²) < 4.78 is 10.7. The number of carbonyl (C=O) groups excluding carboxylic acids is 2. The van der Waals surface area contributed by atoms with Crippen LogP contribution in [0.1, 0.15) is 18.9 Å². The maximum atomic E-state index is 12.8. The molecule has 1 unspecified atom stereocenters. The summed E-state index contributed by atoms with van der Waals surface area (Å²) in [6, 6.07) is 13.5. The fraction of sp³-hybridized carbons (Fsp3) is 0.190. The summed E-state index contributed by atoms with van der Waals surface area (Å²) in [4.78, 5) is 37.7. The molecule has 1 aliphatic rings. The summed E-state index contributed by atoms with van der Waals surface area (Å²) >= 11 is 0.847. The van der Waals surface area contributed by atoms with Crippen LogP contribution in [-0.4, -0.2) is 35.4 Å². The van der Waals surface area contributed by atoms with Crippen LogP contribution in [0, 0.1) is 0 Å². The molecule has 1 N–H and O–H groups in total.